The van der Waals surface area contributed by atoms with Crippen LogP contribution in [0.2, 0.25) is 0 Å². The summed E-state index contributed by atoms with van der Waals surface area (Å²) in [6.45, 7) is 7.74. The molecule has 2 fully saturated rings. The Morgan fingerprint density at radius 1 is 1.27 bits per heavy atom. The van der Waals surface area contributed by atoms with Gasteiger partial charge in [-0.25, -0.2) is 9.18 Å². The van der Waals surface area contributed by atoms with Gasteiger partial charge in [-0.3, -0.25) is 15.0 Å². The highest BCUT2D eigenvalue weighted by Gasteiger charge is 2.31. The monoisotopic (exact) mass is 364 g/mol. The number of nitrogens with zero attached hydrogens (tertiary/aromatic N) is 4. The molecule has 0 aromatic heterocycles. The molecular weight excluding hydrogens is 339 g/mol. The van der Waals surface area contributed by atoms with Gasteiger partial charge in [0.05, 0.1) is 11.0 Å². The number of halogens is 1. The molecule has 142 valence electrons. The van der Waals surface area contributed by atoms with Crippen LogP contribution in [0.25, 0.3) is 0 Å². The minimum absolute atomic E-state index is 0.0562. The molecule has 8 heteroatoms. The smallest absolute Gasteiger partial charge is 0.320 e. The Balaban J connectivity index is 1.66. The first-order valence-electron chi connectivity index (χ1n) is 9.08. The number of rotatable bonds is 3. The summed E-state index contributed by atoms with van der Waals surface area (Å²) in [6, 6.07) is 2.50. The molecule has 1 aromatic rings. The first-order valence-corrected chi connectivity index (χ1v) is 9.08. The summed E-state index contributed by atoms with van der Waals surface area (Å²) >= 11 is 0. The Bertz CT molecular complexity index is 706. The summed E-state index contributed by atoms with van der Waals surface area (Å²) in [7, 11) is 0. The third-order valence-electron chi connectivity index (χ3n) is 5.38. The first kappa shape index (κ1) is 18.6. The molecule has 0 spiro atoms. The van der Waals surface area contributed by atoms with E-state index in [2.05, 4.69) is 4.90 Å². The molecule has 0 bridgehead atoms. The lowest BCUT2D eigenvalue weighted by molar-refractivity contribution is -0.385. The van der Waals surface area contributed by atoms with E-state index in [9.17, 15) is 19.3 Å². The van der Waals surface area contributed by atoms with Gasteiger partial charge < -0.3 is 9.80 Å². The van der Waals surface area contributed by atoms with Crippen LogP contribution in [-0.2, 0) is 6.54 Å². The minimum atomic E-state index is -0.590. The third kappa shape index (κ3) is 3.80. The second-order valence-electron chi connectivity index (χ2n) is 7.22. The fraction of sp³-hybridized carbons (Fsp3) is 0.611. The van der Waals surface area contributed by atoms with Crippen molar-refractivity contribution in [3.8, 4) is 0 Å². The summed E-state index contributed by atoms with van der Waals surface area (Å²) in [5.41, 5.74) is 0.943. The molecule has 2 aliphatic rings. The van der Waals surface area contributed by atoms with Gasteiger partial charge in [-0.1, -0.05) is 0 Å². The molecule has 0 saturated carbocycles. The average Bonchev–Trinajstić information content (AvgIpc) is 3.11. The topological polar surface area (TPSA) is 69.9 Å². The number of nitro groups is 1. The van der Waals surface area contributed by atoms with Gasteiger partial charge in [-0.2, -0.15) is 0 Å². The molecule has 1 aromatic carbocycles. The summed E-state index contributed by atoms with van der Waals surface area (Å²) in [4.78, 5) is 29.1. The maximum absolute atomic E-state index is 13.8. The second-order valence-corrected chi connectivity index (χ2v) is 7.22. The van der Waals surface area contributed by atoms with Crippen molar-refractivity contribution in [2.24, 2.45) is 0 Å². The van der Waals surface area contributed by atoms with Crippen molar-refractivity contribution in [1.29, 1.82) is 0 Å². The van der Waals surface area contributed by atoms with Crippen molar-refractivity contribution in [1.82, 2.24) is 14.7 Å². The highest BCUT2D eigenvalue weighted by Crippen LogP contribution is 2.25. The molecule has 0 unspecified atom stereocenters. The van der Waals surface area contributed by atoms with Crippen molar-refractivity contribution in [2.45, 2.75) is 39.3 Å². The molecule has 3 rings (SSSR count). The van der Waals surface area contributed by atoms with Crippen LogP contribution in [-0.4, -0.2) is 64.4 Å². The molecular formula is C18H25FN4O3. The summed E-state index contributed by atoms with van der Waals surface area (Å²) < 4.78 is 13.8. The van der Waals surface area contributed by atoms with E-state index in [-0.39, 0.29) is 17.8 Å². The Labute approximate surface area is 152 Å². The quantitative estimate of drug-likeness (QED) is 0.611. The lowest BCUT2D eigenvalue weighted by atomic mass is 10.0. The van der Waals surface area contributed by atoms with Gasteiger partial charge in [0, 0.05) is 50.9 Å². The molecule has 0 aliphatic carbocycles. The van der Waals surface area contributed by atoms with Crippen molar-refractivity contribution >= 4 is 11.7 Å². The van der Waals surface area contributed by atoms with E-state index >= 15 is 0 Å². The van der Waals surface area contributed by atoms with Crippen molar-refractivity contribution in [3.63, 3.8) is 0 Å². The molecule has 2 heterocycles. The molecule has 1 atom stereocenters. The van der Waals surface area contributed by atoms with E-state index in [0.717, 1.165) is 32.0 Å². The fourth-order valence-electron chi connectivity index (χ4n) is 3.87. The highest BCUT2D eigenvalue weighted by atomic mass is 19.1. The number of piperazine rings is 1. The van der Waals surface area contributed by atoms with Crippen LogP contribution in [0.1, 0.15) is 30.9 Å². The number of urea groups is 1. The largest absolute Gasteiger partial charge is 0.325 e. The summed E-state index contributed by atoms with van der Waals surface area (Å²) in [5, 5.41) is 11.1. The van der Waals surface area contributed by atoms with E-state index in [0.29, 0.717) is 37.3 Å². The Hall–Kier alpha value is -2.22. The van der Waals surface area contributed by atoms with Gasteiger partial charge in [-0.05, 0) is 38.3 Å². The van der Waals surface area contributed by atoms with Crippen LogP contribution in [0.4, 0.5) is 14.9 Å². The molecule has 2 aliphatic heterocycles. The van der Waals surface area contributed by atoms with Gasteiger partial charge in [0.15, 0.2) is 0 Å². The number of hydrogen-bond donors (Lipinski definition) is 0. The number of benzene rings is 1. The number of hydrogen-bond acceptors (Lipinski definition) is 4. The van der Waals surface area contributed by atoms with E-state index in [1.165, 1.54) is 6.07 Å². The fourth-order valence-corrected chi connectivity index (χ4v) is 3.87. The number of nitro benzene ring substituents is 1. The zero-order chi connectivity index (χ0) is 18.8. The highest BCUT2D eigenvalue weighted by molar-refractivity contribution is 5.75. The summed E-state index contributed by atoms with van der Waals surface area (Å²) in [6.07, 6.45) is 2.13. The van der Waals surface area contributed by atoms with Gasteiger partial charge in [0.1, 0.15) is 5.82 Å². The average molecular weight is 364 g/mol. The van der Waals surface area contributed by atoms with Gasteiger partial charge in [-0.15, -0.1) is 0 Å². The Morgan fingerprint density at radius 2 is 1.96 bits per heavy atom. The first-order chi connectivity index (χ1) is 12.4. The van der Waals surface area contributed by atoms with E-state index in [1.807, 2.05) is 16.7 Å². The normalized spacial score (nSPS) is 21.3. The van der Waals surface area contributed by atoms with Crippen LogP contribution >= 0.6 is 0 Å². The van der Waals surface area contributed by atoms with Crippen LogP contribution in [0.15, 0.2) is 12.1 Å². The van der Waals surface area contributed by atoms with Crippen molar-refractivity contribution in [2.75, 3.05) is 32.7 Å². The van der Waals surface area contributed by atoms with Crippen LogP contribution in [0.3, 0.4) is 0 Å². The standard InChI is InChI=1S/C18H25FN4O3/c1-13-11-20(7-8-22(13)18(24)21-5-3-4-6-21)12-15-9-16(19)10-17(14(15)2)23(25)26/h9-10,13H,3-8,11-12H2,1-2H3/t13-/m0/s1. The minimum Gasteiger partial charge on any atom is -0.325 e. The Morgan fingerprint density at radius 3 is 2.58 bits per heavy atom. The maximum atomic E-state index is 13.8. The summed E-state index contributed by atoms with van der Waals surface area (Å²) in [5.74, 6) is -0.590. The second kappa shape index (κ2) is 7.57. The number of likely N-dealkylation sites (tertiary alicyclic amines) is 1. The van der Waals surface area contributed by atoms with E-state index in [1.54, 1.807) is 6.92 Å². The maximum Gasteiger partial charge on any atom is 0.320 e. The predicted octanol–water partition coefficient (Wildman–Crippen LogP) is 2.76. The SMILES string of the molecule is Cc1c(CN2CCN(C(=O)N3CCCC3)[C@@H](C)C2)cc(F)cc1[N+](=O)[O-]. The Kier molecular flexibility index (Phi) is 5.41. The lowest BCUT2D eigenvalue weighted by Crippen LogP contribution is -2.56. The van der Waals surface area contributed by atoms with Gasteiger partial charge in [0.2, 0.25) is 0 Å². The molecule has 7 nitrogen and oxygen atoms in total. The van der Waals surface area contributed by atoms with Gasteiger partial charge in [0.25, 0.3) is 5.69 Å². The van der Waals surface area contributed by atoms with E-state index in [4.69, 9.17) is 0 Å². The molecule has 0 N–H and O–H groups in total. The zero-order valence-electron chi connectivity index (χ0n) is 15.3. The van der Waals surface area contributed by atoms with Crippen LogP contribution < -0.4 is 0 Å². The lowest BCUT2D eigenvalue weighted by Gasteiger charge is -2.41. The van der Waals surface area contributed by atoms with Crippen molar-refractivity contribution < 1.29 is 14.1 Å². The number of amides is 2. The molecule has 2 saturated heterocycles. The third-order valence-corrected chi connectivity index (χ3v) is 5.38. The predicted molar refractivity (Wildman–Crippen MR) is 95.4 cm³/mol. The van der Waals surface area contributed by atoms with Crippen LogP contribution in [0, 0.1) is 22.9 Å². The van der Waals surface area contributed by atoms with Crippen molar-refractivity contribution in [3.05, 3.63) is 39.2 Å². The molecule has 26 heavy (non-hydrogen) atoms. The van der Waals surface area contributed by atoms with Crippen LogP contribution in [0.5, 0.6) is 0 Å². The van der Waals surface area contributed by atoms with Gasteiger partial charge >= 0.3 is 6.03 Å². The van der Waals surface area contributed by atoms with E-state index < -0.39 is 10.7 Å². The molecule has 2 amide bonds. The number of carbonyl (C=O) groups is 1. The number of carbonyl (C=O) groups excluding carboxylic acids is 1. The molecule has 0 radical (unpaired) electrons. The zero-order valence-corrected chi connectivity index (χ0v) is 15.3.